The van der Waals surface area contributed by atoms with Crippen molar-refractivity contribution in [2.75, 3.05) is 21.3 Å². The highest BCUT2D eigenvalue weighted by Gasteiger charge is 2.17. The van der Waals surface area contributed by atoms with Gasteiger partial charge >= 0.3 is 0 Å². The van der Waals surface area contributed by atoms with Gasteiger partial charge in [0, 0.05) is 17.2 Å². The van der Waals surface area contributed by atoms with Crippen molar-refractivity contribution in [3.63, 3.8) is 0 Å². The van der Waals surface area contributed by atoms with Crippen molar-refractivity contribution in [2.24, 2.45) is 0 Å². The Morgan fingerprint density at radius 1 is 1.25 bits per heavy atom. The Balaban J connectivity index is 0.00000225. The van der Waals surface area contributed by atoms with Crippen molar-refractivity contribution in [3.8, 4) is 10.1 Å². The van der Waals surface area contributed by atoms with Crippen molar-refractivity contribution in [1.29, 1.82) is 0 Å². The summed E-state index contributed by atoms with van der Waals surface area (Å²) >= 11 is 1.57. The number of halogens is 1. The topological polar surface area (TPSA) is 30.5 Å². The molecule has 0 aliphatic carbocycles. The molecular formula is C11H20ClNO2S. The fourth-order valence-electron chi connectivity index (χ4n) is 1.50. The summed E-state index contributed by atoms with van der Waals surface area (Å²) in [6.45, 7) is 4.23. The Labute approximate surface area is 108 Å². The summed E-state index contributed by atoms with van der Waals surface area (Å²) in [6.07, 6.45) is 0.964. The van der Waals surface area contributed by atoms with E-state index in [-0.39, 0.29) is 12.4 Å². The molecule has 1 N–H and O–H groups in total. The first-order valence-corrected chi connectivity index (χ1v) is 5.83. The van der Waals surface area contributed by atoms with Crippen LogP contribution in [-0.2, 0) is 6.42 Å². The Bertz CT molecular complexity index is 328. The summed E-state index contributed by atoms with van der Waals surface area (Å²) in [4.78, 5) is 0. The number of thiophene rings is 1. The standard InChI is InChI=1S/C11H19NO2S.ClH/c1-7(12-3)6-9-8(2)10(13-4)15-11(9)14-5;/h7,12H,6H2,1-5H3;1H. The molecule has 0 saturated carbocycles. The summed E-state index contributed by atoms with van der Waals surface area (Å²) in [6, 6.07) is 0.442. The van der Waals surface area contributed by atoms with Crippen molar-refractivity contribution < 1.29 is 9.47 Å². The first-order chi connectivity index (χ1) is 7.13. The summed E-state index contributed by atoms with van der Waals surface area (Å²) in [5.74, 6) is 0. The molecule has 0 saturated heterocycles. The fraction of sp³-hybridized carbons (Fsp3) is 0.636. The molecular weight excluding hydrogens is 246 g/mol. The maximum Gasteiger partial charge on any atom is 0.180 e. The molecule has 1 aromatic heterocycles. The largest absolute Gasteiger partial charge is 0.487 e. The highest BCUT2D eigenvalue weighted by atomic mass is 35.5. The molecule has 1 aromatic rings. The third-order valence-corrected chi connectivity index (χ3v) is 3.82. The van der Waals surface area contributed by atoms with Gasteiger partial charge in [0.15, 0.2) is 10.1 Å². The predicted molar refractivity (Wildman–Crippen MR) is 71.6 cm³/mol. The molecule has 94 valence electrons. The van der Waals surface area contributed by atoms with E-state index in [0.717, 1.165) is 16.5 Å². The van der Waals surface area contributed by atoms with Gasteiger partial charge in [-0.3, -0.25) is 0 Å². The van der Waals surface area contributed by atoms with Gasteiger partial charge in [-0.2, -0.15) is 0 Å². The van der Waals surface area contributed by atoms with E-state index in [1.807, 2.05) is 7.05 Å². The lowest BCUT2D eigenvalue weighted by Crippen LogP contribution is -2.23. The molecule has 1 unspecified atom stereocenters. The number of likely N-dealkylation sites (N-methyl/N-ethyl adjacent to an activating group) is 1. The third kappa shape index (κ3) is 3.27. The average molecular weight is 266 g/mol. The number of methoxy groups -OCH3 is 2. The van der Waals surface area contributed by atoms with Crippen LogP contribution in [-0.4, -0.2) is 27.3 Å². The molecule has 5 heteroatoms. The highest BCUT2D eigenvalue weighted by Crippen LogP contribution is 2.40. The minimum atomic E-state index is 0. The molecule has 0 spiro atoms. The van der Waals surface area contributed by atoms with Gasteiger partial charge in [0.05, 0.1) is 14.2 Å². The first kappa shape index (κ1) is 15.6. The number of hydrogen-bond donors (Lipinski definition) is 1. The van der Waals surface area contributed by atoms with Crippen LogP contribution in [0.1, 0.15) is 18.1 Å². The molecule has 1 heterocycles. The smallest absolute Gasteiger partial charge is 0.180 e. The number of hydrogen-bond acceptors (Lipinski definition) is 4. The minimum Gasteiger partial charge on any atom is -0.487 e. The lowest BCUT2D eigenvalue weighted by atomic mass is 10.1. The maximum atomic E-state index is 5.36. The summed E-state index contributed by atoms with van der Waals surface area (Å²) in [5, 5.41) is 5.14. The van der Waals surface area contributed by atoms with Gasteiger partial charge in [-0.05, 0) is 27.3 Å². The van der Waals surface area contributed by atoms with E-state index in [1.165, 1.54) is 11.1 Å². The Morgan fingerprint density at radius 3 is 2.25 bits per heavy atom. The monoisotopic (exact) mass is 265 g/mol. The van der Waals surface area contributed by atoms with Gasteiger partial charge in [0.25, 0.3) is 0 Å². The van der Waals surface area contributed by atoms with Gasteiger partial charge in [0.2, 0.25) is 0 Å². The Morgan fingerprint density at radius 2 is 1.81 bits per heavy atom. The summed E-state index contributed by atoms with van der Waals surface area (Å²) in [5.41, 5.74) is 2.45. The molecule has 0 aliphatic heterocycles. The molecule has 0 amide bonds. The van der Waals surface area contributed by atoms with E-state index in [0.29, 0.717) is 6.04 Å². The summed E-state index contributed by atoms with van der Waals surface area (Å²) < 4.78 is 10.7. The van der Waals surface area contributed by atoms with Crippen LogP contribution in [0.3, 0.4) is 0 Å². The quantitative estimate of drug-likeness (QED) is 0.888. The third-order valence-electron chi connectivity index (χ3n) is 2.56. The average Bonchev–Trinajstić information content (AvgIpc) is 2.55. The zero-order valence-corrected chi connectivity index (χ0v) is 12.1. The van der Waals surface area contributed by atoms with Crippen molar-refractivity contribution in [1.82, 2.24) is 5.32 Å². The van der Waals surface area contributed by atoms with Crippen LogP contribution in [0.5, 0.6) is 10.1 Å². The second-order valence-electron chi connectivity index (χ2n) is 3.58. The van der Waals surface area contributed by atoms with E-state index in [2.05, 4.69) is 19.2 Å². The normalized spacial score (nSPS) is 11.8. The van der Waals surface area contributed by atoms with Crippen molar-refractivity contribution in [2.45, 2.75) is 26.3 Å². The van der Waals surface area contributed by atoms with E-state index in [9.17, 15) is 0 Å². The first-order valence-electron chi connectivity index (χ1n) is 5.01. The Hall–Kier alpha value is -0.450. The van der Waals surface area contributed by atoms with Crippen LogP contribution >= 0.6 is 23.7 Å². The molecule has 0 aliphatic rings. The Kier molecular flexibility index (Phi) is 6.79. The van der Waals surface area contributed by atoms with Crippen LogP contribution in [0.25, 0.3) is 0 Å². The number of nitrogens with one attached hydrogen (secondary N) is 1. The van der Waals surface area contributed by atoms with E-state index < -0.39 is 0 Å². The second-order valence-corrected chi connectivity index (χ2v) is 4.53. The van der Waals surface area contributed by atoms with Gasteiger partial charge in [0.1, 0.15) is 0 Å². The molecule has 3 nitrogen and oxygen atoms in total. The van der Waals surface area contributed by atoms with Crippen LogP contribution in [0.15, 0.2) is 0 Å². The molecule has 0 radical (unpaired) electrons. The zero-order valence-electron chi connectivity index (χ0n) is 10.4. The van der Waals surface area contributed by atoms with E-state index >= 15 is 0 Å². The molecule has 0 bridgehead atoms. The van der Waals surface area contributed by atoms with Gasteiger partial charge in [-0.25, -0.2) is 0 Å². The minimum absolute atomic E-state index is 0. The lowest BCUT2D eigenvalue weighted by molar-refractivity contribution is 0.419. The van der Waals surface area contributed by atoms with Crippen LogP contribution < -0.4 is 14.8 Å². The summed E-state index contributed by atoms with van der Waals surface area (Å²) in [7, 11) is 5.37. The fourth-order valence-corrected chi connectivity index (χ4v) is 2.47. The number of rotatable bonds is 5. The molecule has 0 fully saturated rings. The van der Waals surface area contributed by atoms with Gasteiger partial charge in [-0.15, -0.1) is 12.4 Å². The highest BCUT2D eigenvalue weighted by molar-refractivity contribution is 7.16. The predicted octanol–water partition coefficient (Wildman–Crippen LogP) is 2.65. The second kappa shape index (κ2) is 6.99. The maximum absolute atomic E-state index is 5.36. The van der Waals surface area contributed by atoms with E-state index in [4.69, 9.17) is 9.47 Å². The molecule has 16 heavy (non-hydrogen) atoms. The van der Waals surface area contributed by atoms with Crippen LogP contribution in [0.4, 0.5) is 0 Å². The van der Waals surface area contributed by atoms with Crippen LogP contribution in [0.2, 0.25) is 0 Å². The molecule has 1 atom stereocenters. The van der Waals surface area contributed by atoms with Gasteiger partial charge < -0.3 is 14.8 Å². The number of ether oxygens (including phenoxy) is 2. The molecule has 0 aromatic carbocycles. The SMILES string of the molecule is CNC(C)Cc1c(OC)sc(OC)c1C.Cl. The van der Waals surface area contributed by atoms with Crippen molar-refractivity contribution >= 4 is 23.7 Å². The lowest BCUT2D eigenvalue weighted by Gasteiger charge is -2.11. The zero-order chi connectivity index (χ0) is 11.4. The van der Waals surface area contributed by atoms with Gasteiger partial charge in [-0.1, -0.05) is 11.3 Å². The van der Waals surface area contributed by atoms with Crippen LogP contribution in [0, 0.1) is 6.92 Å². The molecule has 1 rings (SSSR count). The van der Waals surface area contributed by atoms with Crippen molar-refractivity contribution in [3.05, 3.63) is 11.1 Å². The van der Waals surface area contributed by atoms with E-state index in [1.54, 1.807) is 25.6 Å².